The lowest BCUT2D eigenvalue weighted by atomic mass is 10.2. The van der Waals surface area contributed by atoms with Gasteiger partial charge in [0.25, 0.3) is 0 Å². The number of halogens is 4. The first kappa shape index (κ1) is 22.7. The molecular weight excluding hydrogens is 444 g/mol. The first-order valence-electron chi connectivity index (χ1n) is 8.50. The topological polar surface area (TPSA) is 40.0 Å². The average molecular weight is 463 g/mol. The van der Waals surface area contributed by atoms with Gasteiger partial charge in [0.15, 0.2) is 5.75 Å². The molecule has 0 heterocycles. The monoisotopic (exact) mass is 461 g/mol. The molecule has 0 saturated heterocycles. The summed E-state index contributed by atoms with van der Waals surface area (Å²) in [4.78, 5) is 5.23. The van der Waals surface area contributed by atoms with E-state index < -0.39 is 0 Å². The molecule has 0 atom stereocenters. The Morgan fingerprint density at radius 2 is 1.71 bits per heavy atom. The summed E-state index contributed by atoms with van der Waals surface area (Å²) < 4.78 is 11.2. The van der Waals surface area contributed by atoms with Crippen LogP contribution in [0.5, 0.6) is 11.5 Å². The molecule has 0 aliphatic heterocycles. The van der Waals surface area contributed by atoms with Gasteiger partial charge in [-0.1, -0.05) is 81.9 Å². The van der Waals surface area contributed by atoms with E-state index in [1.165, 1.54) is 6.08 Å². The van der Waals surface area contributed by atoms with Crippen LogP contribution in [0.2, 0.25) is 10.0 Å². The van der Waals surface area contributed by atoms with E-state index in [1.807, 2.05) is 30.3 Å². The lowest BCUT2D eigenvalue weighted by Gasteiger charge is -2.11. The maximum atomic E-state index is 6.21. The van der Waals surface area contributed by atoms with Gasteiger partial charge in [0.1, 0.15) is 23.5 Å². The fourth-order valence-corrected chi connectivity index (χ4v) is 2.80. The Morgan fingerprint density at radius 1 is 1.00 bits per heavy atom. The van der Waals surface area contributed by atoms with E-state index in [0.29, 0.717) is 41.2 Å². The van der Waals surface area contributed by atoms with Gasteiger partial charge in [0.05, 0.1) is 16.7 Å². The molecule has 0 N–H and O–H groups in total. The predicted octanol–water partition coefficient (Wildman–Crippen LogP) is 7.05. The van der Waals surface area contributed by atoms with Crippen molar-refractivity contribution in [2.45, 2.75) is 19.4 Å². The van der Waals surface area contributed by atoms with Crippen LogP contribution >= 0.6 is 46.4 Å². The Kier molecular flexibility index (Phi) is 10.4. The highest BCUT2D eigenvalue weighted by Gasteiger charge is 2.10. The van der Waals surface area contributed by atoms with Gasteiger partial charge in [-0.25, -0.2) is 0 Å². The van der Waals surface area contributed by atoms with Crippen molar-refractivity contribution in [2.24, 2.45) is 5.16 Å². The van der Waals surface area contributed by atoms with E-state index >= 15 is 0 Å². The zero-order chi connectivity index (χ0) is 20.2. The van der Waals surface area contributed by atoms with Crippen LogP contribution in [0.3, 0.4) is 0 Å². The molecule has 4 nitrogen and oxygen atoms in total. The minimum absolute atomic E-state index is 0.131. The first-order valence-corrected chi connectivity index (χ1v) is 10.0. The Labute approximate surface area is 184 Å². The highest BCUT2D eigenvalue weighted by atomic mass is 35.5. The Hall–Kier alpha value is -1.59. The van der Waals surface area contributed by atoms with Crippen molar-refractivity contribution in [3.05, 3.63) is 68.6 Å². The van der Waals surface area contributed by atoms with Crippen molar-refractivity contribution in [3.8, 4) is 11.5 Å². The van der Waals surface area contributed by atoms with Gasteiger partial charge in [-0.05, 0) is 24.5 Å². The van der Waals surface area contributed by atoms with Crippen LogP contribution in [-0.4, -0.2) is 19.4 Å². The third kappa shape index (κ3) is 8.61. The van der Waals surface area contributed by atoms with E-state index in [0.717, 1.165) is 12.0 Å². The molecule has 0 amide bonds. The van der Waals surface area contributed by atoms with Crippen LogP contribution in [0.1, 0.15) is 18.4 Å². The summed E-state index contributed by atoms with van der Waals surface area (Å²) in [6.45, 7) is 1.09. The van der Waals surface area contributed by atoms with Gasteiger partial charge in [0, 0.05) is 18.3 Å². The standard InChI is InChI=1S/C20H19Cl4NO3/c21-17-12-16(26-11-8-19(23)24)13-18(22)20(17)27-10-5-4-9-25-28-14-15-6-2-1-3-7-15/h1-3,6-9,12-13H,4-5,10-11,14H2. The van der Waals surface area contributed by atoms with Crippen molar-refractivity contribution < 1.29 is 14.3 Å². The Morgan fingerprint density at radius 3 is 2.39 bits per heavy atom. The largest absolute Gasteiger partial charge is 0.490 e. The molecular formula is C20H19Cl4NO3. The zero-order valence-electron chi connectivity index (χ0n) is 14.9. The average Bonchev–Trinajstić information content (AvgIpc) is 2.66. The van der Waals surface area contributed by atoms with Crippen LogP contribution < -0.4 is 9.47 Å². The minimum Gasteiger partial charge on any atom is -0.490 e. The van der Waals surface area contributed by atoms with Gasteiger partial charge >= 0.3 is 0 Å². The molecule has 0 bridgehead atoms. The summed E-state index contributed by atoms with van der Waals surface area (Å²) in [6.07, 6.45) is 4.67. The molecule has 0 aliphatic carbocycles. The van der Waals surface area contributed by atoms with E-state index in [1.54, 1.807) is 18.3 Å². The molecule has 0 aromatic heterocycles. The van der Waals surface area contributed by atoms with Crippen molar-refractivity contribution in [3.63, 3.8) is 0 Å². The highest BCUT2D eigenvalue weighted by Crippen LogP contribution is 2.37. The molecule has 0 unspecified atom stereocenters. The van der Waals surface area contributed by atoms with E-state index in [2.05, 4.69) is 5.16 Å². The first-order chi connectivity index (χ1) is 13.6. The van der Waals surface area contributed by atoms with Gasteiger partial charge in [0.2, 0.25) is 0 Å². The summed E-state index contributed by atoms with van der Waals surface area (Å²) in [6, 6.07) is 13.1. The third-order valence-corrected chi connectivity index (χ3v) is 4.28. The van der Waals surface area contributed by atoms with Crippen molar-refractivity contribution in [2.75, 3.05) is 13.2 Å². The van der Waals surface area contributed by atoms with Crippen LogP contribution in [0, 0.1) is 0 Å². The van der Waals surface area contributed by atoms with E-state index in [9.17, 15) is 0 Å². The summed E-state index contributed by atoms with van der Waals surface area (Å²) in [5.74, 6) is 0.912. The second-order valence-corrected chi connectivity index (χ2v) is 7.38. The Bertz CT molecular complexity index is 770. The number of ether oxygens (including phenoxy) is 2. The van der Waals surface area contributed by atoms with Crippen LogP contribution in [0.15, 0.2) is 58.2 Å². The van der Waals surface area contributed by atoms with Gasteiger partial charge < -0.3 is 14.3 Å². The Balaban J connectivity index is 1.69. The molecule has 150 valence electrons. The number of rotatable bonds is 11. The molecule has 0 saturated carbocycles. The predicted molar refractivity (Wildman–Crippen MR) is 116 cm³/mol. The quantitative estimate of drug-likeness (QED) is 0.204. The normalized spacial score (nSPS) is 10.7. The van der Waals surface area contributed by atoms with E-state index in [-0.39, 0.29) is 11.1 Å². The molecule has 0 spiro atoms. The second-order valence-electron chi connectivity index (χ2n) is 5.56. The van der Waals surface area contributed by atoms with Crippen LogP contribution in [0.25, 0.3) is 0 Å². The fraction of sp³-hybridized carbons (Fsp3) is 0.250. The van der Waals surface area contributed by atoms with Crippen molar-refractivity contribution in [1.82, 2.24) is 0 Å². The molecule has 0 aliphatic rings. The lowest BCUT2D eigenvalue weighted by Crippen LogP contribution is -2.00. The summed E-state index contributed by atoms with van der Waals surface area (Å²) >= 11 is 23.5. The maximum absolute atomic E-state index is 6.21. The van der Waals surface area contributed by atoms with Gasteiger partial charge in [-0.15, -0.1) is 0 Å². The van der Waals surface area contributed by atoms with Crippen LogP contribution in [-0.2, 0) is 11.4 Å². The number of benzene rings is 2. The molecule has 0 radical (unpaired) electrons. The zero-order valence-corrected chi connectivity index (χ0v) is 17.9. The molecule has 2 rings (SSSR count). The molecule has 28 heavy (non-hydrogen) atoms. The number of hydrogen-bond donors (Lipinski definition) is 0. The second kappa shape index (κ2) is 12.8. The SMILES string of the molecule is ClC(Cl)=CCOc1cc(Cl)c(OCCCC=NOCc2ccccc2)c(Cl)c1. The molecule has 0 fully saturated rings. The third-order valence-electron chi connectivity index (χ3n) is 3.41. The number of oxime groups is 1. The number of hydrogen-bond acceptors (Lipinski definition) is 4. The van der Waals surface area contributed by atoms with E-state index in [4.69, 9.17) is 60.7 Å². The summed E-state index contributed by atoms with van der Waals surface area (Å²) in [5, 5.41) is 4.65. The van der Waals surface area contributed by atoms with Crippen molar-refractivity contribution in [1.29, 1.82) is 0 Å². The minimum atomic E-state index is 0.131. The highest BCUT2D eigenvalue weighted by molar-refractivity contribution is 6.55. The van der Waals surface area contributed by atoms with Crippen molar-refractivity contribution >= 4 is 52.6 Å². The molecule has 8 heteroatoms. The lowest BCUT2D eigenvalue weighted by molar-refractivity contribution is 0.131. The van der Waals surface area contributed by atoms with Crippen LogP contribution in [0.4, 0.5) is 0 Å². The molecule has 2 aromatic rings. The van der Waals surface area contributed by atoms with Gasteiger partial charge in [-0.2, -0.15) is 0 Å². The maximum Gasteiger partial charge on any atom is 0.156 e. The summed E-state index contributed by atoms with van der Waals surface area (Å²) in [5.41, 5.74) is 1.07. The summed E-state index contributed by atoms with van der Waals surface area (Å²) in [7, 11) is 0. The number of nitrogens with zero attached hydrogens (tertiary/aromatic N) is 1. The van der Waals surface area contributed by atoms with Gasteiger partial charge in [-0.3, -0.25) is 0 Å². The fourth-order valence-electron chi connectivity index (χ4n) is 2.10. The smallest absolute Gasteiger partial charge is 0.156 e. The number of unbranched alkanes of at least 4 members (excludes halogenated alkanes) is 1. The molecule has 2 aromatic carbocycles.